The lowest BCUT2D eigenvalue weighted by Crippen LogP contribution is -2.52. The third kappa shape index (κ3) is 5.90. The summed E-state index contributed by atoms with van der Waals surface area (Å²) in [4.78, 5) is 2.57. The Balaban J connectivity index is 1.40. The normalized spacial score (nSPS) is 22.8. The number of nitrogens with one attached hydrogen (secondary N) is 1. The van der Waals surface area contributed by atoms with Crippen LogP contribution in [0.3, 0.4) is 0 Å². The zero-order valence-electron chi connectivity index (χ0n) is 20.2. The van der Waals surface area contributed by atoms with Crippen LogP contribution in [0.5, 0.6) is 5.75 Å². The van der Waals surface area contributed by atoms with Gasteiger partial charge in [-0.05, 0) is 73.2 Å². The Kier molecular flexibility index (Phi) is 7.67. The van der Waals surface area contributed by atoms with Crippen LogP contribution in [0.4, 0.5) is 24.5 Å². The summed E-state index contributed by atoms with van der Waals surface area (Å²) in [5.74, 6) is -0.374. The quantitative estimate of drug-likeness (QED) is 0.322. The van der Waals surface area contributed by atoms with Crippen LogP contribution in [0.2, 0.25) is 0 Å². The van der Waals surface area contributed by atoms with Gasteiger partial charge < -0.3 is 19.3 Å². The van der Waals surface area contributed by atoms with Crippen molar-refractivity contribution in [1.82, 2.24) is 4.72 Å². The smallest absolute Gasteiger partial charge is 0.573 e. The maximum Gasteiger partial charge on any atom is 0.573 e. The second-order valence-corrected chi connectivity index (χ2v) is 10.7. The fraction of sp³-hybridized carbons (Fsp3) is 0.357. The molecule has 5 rings (SSSR count). The van der Waals surface area contributed by atoms with Crippen molar-refractivity contribution in [3.05, 3.63) is 83.9 Å². The average Bonchev–Trinajstić information content (AvgIpc) is 3.15. The van der Waals surface area contributed by atoms with Gasteiger partial charge in [-0.2, -0.15) is 0 Å². The van der Waals surface area contributed by atoms with Crippen molar-refractivity contribution in [2.75, 3.05) is 4.90 Å². The Morgan fingerprint density at radius 1 is 0.865 bits per heavy atom. The first-order valence-electron chi connectivity index (χ1n) is 12.5. The number of para-hydroxylation sites is 2. The Labute approximate surface area is 217 Å². The van der Waals surface area contributed by atoms with Crippen LogP contribution in [0.1, 0.15) is 36.8 Å². The summed E-state index contributed by atoms with van der Waals surface area (Å²) in [5, 5.41) is 11.7. The number of halogens is 3. The number of hydrogen-bond donors (Lipinski definition) is 2. The van der Waals surface area contributed by atoms with Crippen molar-refractivity contribution in [2.45, 2.75) is 68.0 Å². The molecule has 0 amide bonds. The highest BCUT2D eigenvalue weighted by Crippen LogP contribution is 2.40. The van der Waals surface area contributed by atoms with Gasteiger partial charge in [-0.15, -0.1) is 17.9 Å². The molecule has 5 nitrogen and oxygen atoms in total. The molecule has 1 heterocycles. The fourth-order valence-corrected chi connectivity index (χ4v) is 6.43. The van der Waals surface area contributed by atoms with Crippen molar-refractivity contribution >= 4 is 22.7 Å². The van der Waals surface area contributed by atoms with E-state index in [1.54, 1.807) is 0 Å². The lowest BCUT2D eigenvalue weighted by molar-refractivity contribution is -0.274. The molecule has 0 saturated heterocycles. The lowest BCUT2D eigenvalue weighted by Gasteiger charge is -2.39. The number of benzene rings is 3. The van der Waals surface area contributed by atoms with Crippen LogP contribution < -0.4 is 14.4 Å². The first-order chi connectivity index (χ1) is 17.8. The first kappa shape index (κ1) is 25.9. The molecule has 1 unspecified atom stereocenters. The number of rotatable bonds is 5. The molecule has 3 aromatic rings. The van der Waals surface area contributed by atoms with Gasteiger partial charge in [0.25, 0.3) is 0 Å². The molecule has 37 heavy (non-hydrogen) atoms. The van der Waals surface area contributed by atoms with E-state index < -0.39 is 29.9 Å². The van der Waals surface area contributed by atoms with E-state index >= 15 is 0 Å². The van der Waals surface area contributed by atoms with Crippen LogP contribution in [0.25, 0.3) is 0 Å². The largest absolute Gasteiger partial charge is 0.593 e. The van der Waals surface area contributed by atoms with Crippen LogP contribution in [0, 0.1) is 0 Å². The van der Waals surface area contributed by atoms with Crippen LogP contribution in [-0.2, 0) is 24.2 Å². The molecule has 0 spiro atoms. The molecule has 0 radical (unpaired) electrons. The van der Waals surface area contributed by atoms with E-state index in [-0.39, 0.29) is 11.8 Å². The highest BCUT2D eigenvalue weighted by atomic mass is 32.2. The third-order valence-corrected chi connectivity index (χ3v) is 8.32. The van der Waals surface area contributed by atoms with Gasteiger partial charge in [0.05, 0.1) is 29.5 Å². The van der Waals surface area contributed by atoms with Crippen molar-refractivity contribution in [3.63, 3.8) is 0 Å². The van der Waals surface area contributed by atoms with Crippen molar-refractivity contribution < 1.29 is 27.6 Å². The minimum Gasteiger partial charge on any atom is -0.593 e. The zero-order chi connectivity index (χ0) is 26.0. The van der Waals surface area contributed by atoms with Crippen LogP contribution >= 0.6 is 0 Å². The Morgan fingerprint density at radius 2 is 1.43 bits per heavy atom. The highest BCUT2D eigenvalue weighted by Gasteiger charge is 2.39. The minimum atomic E-state index is -4.79. The molecule has 4 atom stereocenters. The second kappa shape index (κ2) is 10.9. The molecule has 1 aliphatic heterocycles. The molecule has 2 N–H and O–H groups in total. The van der Waals surface area contributed by atoms with E-state index in [0.29, 0.717) is 11.3 Å². The van der Waals surface area contributed by atoms with Crippen LogP contribution in [-0.4, -0.2) is 34.2 Å². The summed E-state index contributed by atoms with van der Waals surface area (Å²) in [5.41, 5.74) is 4.62. The molecule has 9 heteroatoms. The van der Waals surface area contributed by atoms with E-state index in [9.17, 15) is 22.8 Å². The Morgan fingerprint density at radius 3 is 2.03 bits per heavy atom. The third-order valence-electron chi connectivity index (χ3n) is 7.10. The van der Waals surface area contributed by atoms with Crippen molar-refractivity contribution in [3.8, 4) is 5.75 Å². The number of fused-ring (bicyclic) bond motifs is 2. The Hall–Kier alpha value is -2.72. The van der Waals surface area contributed by atoms with Gasteiger partial charge in [-0.1, -0.05) is 49.2 Å². The molecule has 0 aromatic heterocycles. The number of hydrogen-bond acceptors (Lipinski definition) is 5. The van der Waals surface area contributed by atoms with Crippen molar-refractivity contribution in [1.29, 1.82) is 0 Å². The number of nitrogens with zero attached hydrogens (tertiary/aromatic N) is 1. The second-order valence-electron chi connectivity index (χ2n) is 9.48. The van der Waals surface area contributed by atoms with Gasteiger partial charge in [0, 0.05) is 11.4 Å². The zero-order valence-corrected chi connectivity index (χ0v) is 21.0. The molecule has 2 aliphatic rings. The molecule has 1 saturated carbocycles. The fourth-order valence-electron chi connectivity index (χ4n) is 5.38. The summed E-state index contributed by atoms with van der Waals surface area (Å²) in [6.07, 6.45) is -0.608. The number of aliphatic hydroxyl groups excluding tert-OH is 1. The minimum absolute atomic E-state index is 0.236. The van der Waals surface area contributed by atoms with E-state index in [1.165, 1.54) is 23.3 Å². The lowest BCUT2D eigenvalue weighted by atomic mass is 9.98. The predicted molar refractivity (Wildman–Crippen MR) is 137 cm³/mol. The number of anilines is 2. The van der Waals surface area contributed by atoms with E-state index in [2.05, 4.69) is 38.6 Å². The average molecular weight is 531 g/mol. The summed E-state index contributed by atoms with van der Waals surface area (Å²) < 4.78 is 57.5. The first-order valence-corrected chi connectivity index (χ1v) is 13.6. The number of alkyl halides is 3. The van der Waals surface area contributed by atoms with Gasteiger partial charge in [0.15, 0.2) is 4.90 Å². The monoisotopic (exact) mass is 530 g/mol. The number of ether oxygens (including phenoxy) is 1. The van der Waals surface area contributed by atoms with E-state index in [1.807, 2.05) is 24.3 Å². The molecule has 0 bridgehead atoms. The molecule has 1 aliphatic carbocycles. The van der Waals surface area contributed by atoms with E-state index in [4.69, 9.17) is 0 Å². The molecular weight excluding hydrogens is 501 g/mol. The van der Waals surface area contributed by atoms with Gasteiger partial charge in [0.1, 0.15) is 5.75 Å². The maximum atomic E-state index is 13.1. The van der Waals surface area contributed by atoms with Gasteiger partial charge >= 0.3 is 6.36 Å². The summed E-state index contributed by atoms with van der Waals surface area (Å²) in [6, 6.07) is 20.8. The molecule has 196 valence electrons. The van der Waals surface area contributed by atoms with Gasteiger partial charge in [-0.25, -0.2) is 0 Å². The topological polar surface area (TPSA) is 67.8 Å². The molecule has 1 fully saturated rings. The van der Waals surface area contributed by atoms with E-state index in [0.717, 1.165) is 55.6 Å². The summed E-state index contributed by atoms with van der Waals surface area (Å²) in [6.45, 7) is 0. The standard InChI is InChI=1S/C28H29F3N2O3S/c29-28(30,31)36-21-15-17-22(18-16-21)37(35)32-23-9-3-6-12-26(27(23)34)33-24-10-4-1-7-19(24)13-14-20-8-2-5-11-25(20)33/h1-2,4-5,7-8,10-11,15-18,23,26-27,32,34H,3,6,9,12-14H2/t23-,26+,27-,37?/m0/s1. The van der Waals surface area contributed by atoms with Gasteiger partial charge in [0.2, 0.25) is 0 Å². The van der Waals surface area contributed by atoms with Crippen LogP contribution in [0.15, 0.2) is 77.7 Å². The highest BCUT2D eigenvalue weighted by molar-refractivity contribution is 7.89. The molecule has 3 aromatic carbocycles. The Bertz CT molecular complexity index is 1160. The summed E-state index contributed by atoms with van der Waals surface area (Å²) in [7, 11) is 0. The number of aryl methyl sites for hydroxylation is 2. The van der Waals surface area contributed by atoms with Crippen molar-refractivity contribution in [2.24, 2.45) is 0 Å². The number of aliphatic hydroxyl groups is 1. The SMILES string of the molecule is [O-][S+](N[C@H]1CCCC[C@@H](N2c3ccccc3CCc3ccccc32)[C@H]1O)c1ccc(OC(F)(F)F)cc1. The maximum absolute atomic E-state index is 13.1. The summed E-state index contributed by atoms with van der Waals surface area (Å²) >= 11 is -1.72. The molecular formula is C28H29F3N2O3S. The predicted octanol–water partition coefficient (Wildman–Crippen LogP) is 5.81. The van der Waals surface area contributed by atoms with Gasteiger partial charge in [-0.3, -0.25) is 0 Å².